The van der Waals surface area contributed by atoms with Crippen molar-refractivity contribution in [1.29, 1.82) is 0 Å². The highest BCUT2D eigenvalue weighted by Crippen LogP contribution is 2.46. The maximum absolute atomic E-state index is 12.5. The molecule has 12 nitrogen and oxygen atoms in total. The molecule has 35 heavy (non-hydrogen) atoms. The van der Waals surface area contributed by atoms with Crippen LogP contribution in [0, 0.1) is 29.1 Å². The maximum atomic E-state index is 12.5. The summed E-state index contributed by atoms with van der Waals surface area (Å²) in [5.74, 6) is -12.0. The molecule has 0 bridgehead atoms. The van der Waals surface area contributed by atoms with Gasteiger partial charge in [-0.1, -0.05) is 15.9 Å². The third-order valence-corrected chi connectivity index (χ3v) is 6.34. The summed E-state index contributed by atoms with van der Waals surface area (Å²) in [5, 5.41) is 41.7. The first-order valence-electron chi connectivity index (χ1n) is 9.66. The molecule has 2 saturated carbocycles. The zero-order valence-electron chi connectivity index (χ0n) is 18.5. The molecule has 0 aromatic rings. The molecule has 0 spiro atoms. The fraction of sp³-hybridized carbons (Fsp3) is 0.684. The molecule has 1 atom stereocenters. The van der Waals surface area contributed by atoms with Crippen molar-refractivity contribution in [3.63, 3.8) is 0 Å². The van der Waals surface area contributed by atoms with Crippen molar-refractivity contribution in [2.75, 3.05) is 5.33 Å². The fourth-order valence-corrected chi connectivity index (χ4v) is 2.39. The lowest BCUT2D eigenvalue weighted by atomic mass is 9.96. The monoisotopic (exact) mass is 580 g/mol. The van der Waals surface area contributed by atoms with Crippen molar-refractivity contribution >= 4 is 51.7 Å². The van der Waals surface area contributed by atoms with Crippen molar-refractivity contribution < 1.29 is 72.2 Å². The Kier molecular flexibility index (Phi) is 10.7. The number of hydrogen-bond donors (Lipinski definition) is 5. The first kappa shape index (κ1) is 32.1. The minimum Gasteiger partial charge on any atom is -0.481 e. The summed E-state index contributed by atoms with van der Waals surface area (Å²) >= 11 is 2.94. The van der Waals surface area contributed by atoms with Gasteiger partial charge in [-0.25, -0.2) is 4.79 Å². The second kappa shape index (κ2) is 11.7. The van der Waals surface area contributed by atoms with Crippen LogP contribution in [-0.4, -0.2) is 78.5 Å². The van der Waals surface area contributed by atoms with Gasteiger partial charge < -0.3 is 30.3 Å². The first-order valence-corrected chi connectivity index (χ1v) is 10.8. The topological polar surface area (TPSA) is 213 Å². The molecular formula is C19H24BrF3O12. The normalized spacial score (nSPS) is 22.5. The minimum absolute atomic E-state index is 0.0185. The van der Waals surface area contributed by atoms with E-state index in [9.17, 15) is 41.9 Å². The molecule has 1 unspecified atom stereocenters. The molecule has 2 aliphatic rings. The van der Waals surface area contributed by atoms with Gasteiger partial charge in [-0.3, -0.25) is 24.0 Å². The van der Waals surface area contributed by atoms with Crippen molar-refractivity contribution in [2.45, 2.75) is 45.4 Å². The van der Waals surface area contributed by atoms with Gasteiger partial charge >= 0.3 is 42.0 Å². The van der Waals surface area contributed by atoms with Crippen LogP contribution in [-0.2, 0) is 33.5 Å². The van der Waals surface area contributed by atoms with Gasteiger partial charge in [-0.15, -0.1) is 0 Å². The van der Waals surface area contributed by atoms with E-state index >= 15 is 0 Å². The molecule has 0 aromatic heterocycles. The van der Waals surface area contributed by atoms with E-state index in [4.69, 9.17) is 25.5 Å². The van der Waals surface area contributed by atoms with Crippen molar-refractivity contribution in [2.24, 2.45) is 29.1 Å². The number of hydrogen-bond acceptors (Lipinski definition) is 7. The molecule has 2 fully saturated rings. The highest BCUT2D eigenvalue weighted by molar-refractivity contribution is 9.09. The van der Waals surface area contributed by atoms with Gasteiger partial charge in [-0.2, -0.15) is 13.2 Å². The number of carbonyl (C=O) groups excluding carboxylic acids is 1. The molecule has 200 valence electrons. The number of ether oxygens (including phenoxy) is 1. The number of carbonyl (C=O) groups is 6. The molecule has 0 amide bonds. The van der Waals surface area contributed by atoms with Crippen LogP contribution in [0.5, 0.6) is 0 Å². The zero-order valence-corrected chi connectivity index (χ0v) is 20.1. The molecule has 2 aliphatic carbocycles. The largest absolute Gasteiger partial charge is 0.481 e. The molecule has 0 saturated heterocycles. The van der Waals surface area contributed by atoms with Crippen LogP contribution < -0.4 is 0 Å². The molecule has 0 heterocycles. The smallest absolute Gasteiger partial charge is 0.439 e. The fourth-order valence-electron chi connectivity index (χ4n) is 2.16. The van der Waals surface area contributed by atoms with Gasteiger partial charge in [0.05, 0.1) is 29.1 Å². The number of aliphatic carboxylic acids is 5. The van der Waals surface area contributed by atoms with Crippen LogP contribution >= 0.6 is 15.9 Å². The second-order valence-electron chi connectivity index (χ2n) is 8.45. The summed E-state index contributed by atoms with van der Waals surface area (Å²) in [6.45, 7) is 2.98. The van der Waals surface area contributed by atoms with E-state index in [0.29, 0.717) is 6.92 Å². The second-order valence-corrected chi connectivity index (χ2v) is 9.01. The summed E-state index contributed by atoms with van der Waals surface area (Å²) in [6.07, 6.45) is -3.39. The van der Waals surface area contributed by atoms with Crippen LogP contribution in [0.4, 0.5) is 13.2 Å². The number of carboxylic acids is 5. The number of rotatable bonds is 8. The van der Waals surface area contributed by atoms with E-state index in [0.717, 1.165) is 12.8 Å². The van der Waals surface area contributed by atoms with Crippen LogP contribution in [0.15, 0.2) is 0 Å². The van der Waals surface area contributed by atoms with Gasteiger partial charge in [0, 0.05) is 5.33 Å². The Labute approximate surface area is 204 Å². The molecule has 0 radical (unpaired) electrons. The van der Waals surface area contributed by atoms with E-state index < -0.39 is 70.8 Å². The molecule has 0 aromatic carbocycles. The first-order chi connectivity index (χ1) is 15.7. The quantitative estimate of drug-likeness (QED) is 0.206. The highest BCUT2D eigenvalue weighted by atomic mass is 79.9. The summed E-state index contributed by atoms with van der Waals surface area (Å²) in [7, 11) is 0. The van der Waals surface area contributed by atoms with E-state index in [2.05, 4.69) is 20.7 Å². The Morgan fingerprint density at radius 3 is 1.26 bits per heavy atom. The summed E-state index contributed by atoms with van der Waals surface area (Å²) in [6, 6.07) is 0. The summed E-state index contributed by atoms with van der Waals surface area (Å²) < 4.78 is 41.7. The van der Waals surface area contributed by atoms with E-state index in [1.54, 1.807) is 0 Å². The number of halogens is 4. The lowest BCUT2D eigenvalue weighted by Gasteiger charge is -2.30. The maximum Gasteiger partial charge on any atom is 0.439 e. The Balaban J connectivity index is 0.000000550. The van der Waals surface area contributed by atoms with Crippen LogP contribution in [0.3, 0.4) is 0 Å². The molecule has 0 aliphatic heterocycles. The minimum atomic E-state index is -5.18. The van der Waals surface area contributed by atoms with Crippen molar-refractivity contribution in [3.8, 4) is 0 Å². The van der Waals surface area contributed by atoms with Crippen LogP contribution in [0.25, 0.3) is 0 Å². The summed E-state index contributed by atoms with van der Waals surface area (Å²) in [4.78, 5) is 62.6. The third kappa shape index (κ3) is 8.67. The van der Waals surface area contributed by atoms with Gasteiger partial charge in [0.1, 0.15) is 0 Å². The van der Waals surface area contributed by atoms with Gasteiger partial charge in [-0.05, 0) is 33.6 Å². The standard InChI is InChI=1S/C9H12BrF3O4.C6H6O6.C4H6O2/c1-7(2,4-10)6(16)17-8(3,5(14)15)9(11,12)13;7-4(8)1-2(5(9)10)3(1)6(11)12;5-4(6)3-1-2-3/h4H2,1-3H3,(H,14,15);1-3H,(H,7,8)(H,9,10)(H,11,12);3H,1-2H2,(H,5,6). The number of carboxylic acid groups (broad SMARTS) is 5. The van der Waals surface area contributed by atoms with Gasteiger partial charge in [0.2, 0.25) is 0 Å². The average Bonchev–Trinajstić information content (AvgIpc) is 3.59. The SMILES string of the molecule is CC(C)(CBr)C(=O)OC(C)(C(=O)O)C(F)(F)F.O=C(O)C1C(C(=O)O)C1C(=O)O.O=C(O)C1CC1. The van der Waals surface area contributed by atoms with E-state index in [-0.39, 0.29) is 11.2 Å². The lowest BCUT2D eigenvalue weighted by Crippen LogP contribution is -2.54. The third-order valence-electron chi connectivity index (χ3n) is 4.93. The highest BCUT2D eigenvalue weighted by Gasteiger charge is 2.64. The van der Waals surface area contributed by atoms with Gasteiger partial charge in [0.15, 0.2) is 0 Å². The van der Waals surface area contributed by atoms with E-state index in [1.807, 2.05) is 0 Å². The van der Waals surface area contributed by atoms with Gasteiger partial charge in [0.25, 0.3) is 5.60 Å². The Bertz CT molecular complexity index is 819. The predicted octanol–water partition coefficient (Wildman–Crippen LogP) is 1.94. The van der Waals surface area contributed by atoms with Crippen LogP contribution in [0.1, 0.15) is 33.6 Å². The van der Waals surface area contributed by atoms with E-state index in [1.165, 1.54) is 13.8 Å². The van der Waals surface area contributed by atoms with Crippen molar-refractivity contribution in [3.05, 3.63) is 0 Å². The summed E-state index contributed by atoms with van der Waals surface area (Å²) in [5.41, 5.74) is -4.79. The Hall–Kier alpha value is -2.91. The lowest BCUT2D eigenvalue weighted by molar-refractivity contribution is -0.266. The molecule has 5 N–H and O–H groups in total. The molecule has 16 heteroatoms. The predicted molar refractivity (Wildman–Crippen MR) is 110 cm³/mol. The van der Waals surface area contributed by atoms with Crippen molar-refractivity contribution in [1.82, 2.24) is 0 Å². The Morgan fingerprint density at radius 2 is 1.11 bits per heavy atom. The Morgan fingerprint density at radius 1 is 0.771 bits per heavy atom. The average molecular weight is 581 g/mol. The van der Waals surface area contributed by atoms with Crippen LogP contribution in [0.2, 0.25) is 0 Å². The number of esters is 1. The molecule has 2 rings (SSSR count). The zero-order chi connectivity index (χ0) is 28.1. The molecular weight excluding hydrogens is 557 g/mol. The number of alkyl halides is 4.